The number of carbonyl (C=O) groups is 2. The van der Waals surface area contributed by atoms with Crippen LogP contribution in [0.15, 0.2) is 12.1 Å². The highest BCUT2D eigenvalue weighted by molar-refractivity contribution is 6.23. The second kappa shape index (κ2) is 3.29. The quantitative estimate of drug-likeness (QED) is 0.337. The number of nitrogens with two attached hydrogens (primary N) is 1. The zero-order valence-electron chi connectivity index (χ0n) is 8.47. The maximum Gasteiger partial charge on any atom is 0.263 e. The van der Waals surface area contributed by atoms with Crippen molar-refractivity contribution in [2.45, 2.75) is 6.29 Å². The van der Waals surface area contributed by atoms with Gasteiger partial charge in [-0.05, 0) is 6.07 Å². The minimum Gasteiger partial charge on any atom is -0.398 e. The van der Waals surface area contributed by atoms with Gasteiger partial charge in [0.05, 0.1) is 16.8 Å². The molecule has 0 radical (unpaired) electrons. The number of amides is 2. The molecule has 0 aliphatic carbocycles. The monoisotopic (exact) mass is 222 g/mol. The number of nitrogens with zero attached hydrogens (tertiary/aromatic N) is 1. The fraction of sp³-hybridized carbons (Fsp3) is 0.200. The van der Waals surface area contributed by atoms with Gasteiger partial charge in [-0.1, -0.05) is 6.07 Å². The highest BCUT2D eigenvalue weighted by Gasteiger charge is 2.35. The Morgan fingerprint density at radius 2 is 1.88 bits per heavy atom. The van der Waals surface area contributed by atoms with E-state index in [1.54, 1.807) is 0 Å². The van der Waals surface area contributed by atoms with Gasteiger partial charge in [0, 0.05) is 12.6 Å². The highest BCUT2D eigenvalue weighted by Crippen LogP contribution is 2.31. The van der Waals surface area contributed by atoms with Crippen molar-refractivity contribution in [3.63, 3.8) is 0 Å². The van der Waals surface area contributed by atoms with E-state index in [-0.39, 0.29) is 22.4 Å². The van der Waals surface area contributed by atoms with E-state index in [1.165, 1.54) is 19.2 Å². The predicted octanol–water partition coefficient (Wildman–Crippen LogP) is -0.522. The standard InChI is InChI=1S/C10H10N2O4/c1-12-8(13)4-2-3-5(10(15)16)7(11)6(4)9(12)14/h2-3,10,15-16H,11H2,1H3. The fourth-order valence-corrected chi connectivity index (χ4v) is 1.71. The Balaban J connectivity index is 2.69. The number of rotatable bonds is 1. The Bertz CT molecular complexity index is 496. The lowest BCUT2D eigenvalue weighted by Gasteiger charge is -2.09. The molecule has 4 N–H and O–H groups in total. The lowest BCUT2D eigenvalue weighted by molar-refractivity contribution is -0.0418. The molecule has 1 aromatic rings. The lowest BCUT2D eigenvalue weighted by atomic mass is 10.0. The van der Waals surface area contributed by atoms with Crippen molar-refractivity contribution < 1.29 is 19.8 Å². The molecule has 6 heteroatoms. The number of anilines is 1. The average molecular weight is 222 g/mol. The summed E-state index contributed by atoms with van der Waals surface area (Å²) in [5.41, 5.74) is 5.82. The molecule has 0 spiro atoms. The van der Waals surface area contributed by atoms with Gasteiger partial charge >= 0.3 is 0 Å². The van der Waals surface area contributed by atoms with Gasteiger partial charge in [0.2, 0.25) is 0 Å². The Kier molecular flexibility index (Phi) is 2.18. The van der Waals surface area contributed by atoms with E-state index in [9.17, 15) is 9.59 Å². The van der Waals surface area contributed by atoms with Crippen LogP contribution in [0.3, 0.4) is 0 Å². The molecule has 2 rings (SSSR count). The number of benzene rings is 1. The summed E-state index contributed by atoms with van der Waals surface area (Å²) in [5, 5.41) is 18.0. The lowest BCUT2D eigenvalue weighted by Crippen LogP contribution is -2.24. The van der Waals surface area contributed by atoms with Crippen molar-refractivity contribution in [1.82, 2.24) is 4.90 Å². The summed E-state index contributed by atoms with van der Waals surface area (Å²) in [6.07, 6.45) is -1.76. The van der Waals surface area contributed by atoms with Crippen molar-refractivity contribution in [1.29, 1.82) is 0 Å². The van der Waals surface area contributed by atoms with Crippen LogP contribution in [0.4, 0.5) is 5.69 Å². The second-order valence-corrected chi connectivity index (χ2v) is 3.53. The molecule has 0 atom stereocenters. The van der Waals surface area contributed by atoms with Crippen LogP contribution in [0.25, 0.3) is 0 Å². The molecule has 0 fully saturated rings. The summed E-state index contributed by atoms with van der Waals surface area (Å²) < 4.78 is 0. The summed E-state index contributed by atoms with van der Waals surface area (Å²) in [5.74, 6) is -0.967. The molecule has 16 heavy (non-hydrogen) atoms. The zero-order chi connectivity index (χ0) is 12.0. The number of hydrogen-bond acceptors (Lipinski definition) is 5. The molecule has 2 amide bonds. The molecule has 1 aliphatic rings. The normalized spacial score (nSPS) is 14.9. The molecule has 0 aromatic heterocycles. The molecular formula is C10H10N2O4. The van der Waals surface area contributed by atoms with Crippen LogP contribution in [0.2, 0.25) is 0 Å². The first-order chi connectivity index (χ1) is 7.45. The molecule has 84 valence electrons. The number of aliphatic hydroxyl groups excluding tert-OH is 1. The first-order valence-electron chi connectivity index (χ1n) is 4.56. The first-order valence-corrected chi connectivity index (χ1v) is 4.56. The van der Waals surface area contributed by atoms with Gasteiger partial charge in [0.15, 0.2) is 6.29 Å². The smallest absolute Gasteiger partial charge is 0.263 e. The number of imide groups is 1. The van der Waals surface area contributed by atoms with Crippen molar-refractivity contribution in [3.05, 3.63) is 28.8 Å². The number of carbonyl (C=O) groups excluding carboxylic acids is 2. The van der Waals surface area contributed by atoms with Crippen LogP contribution in [-0.4, -0.2) is 34.0 Å². The van der Waals surface area contributed by atoms with Crippen molar-refractivity contribution in [3.8, 4) is 0 Å². The molecule has 0 bridgehead atoms. The Morgan fingerprint density at radius 3 is 2.44 bits per heavy atom. The Hall–Kier alpha value is -1.92. The molecule has 1 aromatic carbocycles. The average Bonchev–Trinajstić information content (AvgIpc) is 2.44. The van der Waals surface area contributed by atoms with Gasteiger partial charge in [-0.15, -0.1) is 0 Å². The van der Waals surface area contributed by atoms with E-state index in [1.807, 2.05) is 0 Å². The summed E-state index contributed by atoms with van der Waals surface area (Å²) in [4.78, 5) is 24.2. The molecule has 6 nitrogen and oxygen atoms in total. The van der Waals surface area contributed by atoms with Gasteiger partial charge < -0.3 is 15.9 Å². The van der Waals surface area contributed by atoms with Crippen molar-refractivity contribution in [2.24, 2.45) is 0 Å². The van der Waals surface area contributed by atoms with Gasteiger partial charge in [0.1, 0.15) is 0 Å². The summed E-state index contributed by atoms with van der Waals surface area (Å²) in [7, 11) is 1.35. The van der Waals surface area contributed by atoms with E-state index in [4.69, 9.17) is 15.9 Å². The predicted molar refractivity (Wildman–Crippen MR) is 54.5 cm³/mol. The van der Waals surface area contributed by atoms with Crippen LogP contribution in [0, 0.1) is 0 Å². The minimum absolute atomic E-state index is 0.0233. The Morgan fingerprint density at radius 1 is 1.25 bits per heavy atom. The molecule has 0 unspecified atom stereocenters. The van der Waals surface area contributed by atoms with Crippen molar-refractivity contribution >= 4 is 17.5 Å². The van der Waals surface area contributed by atoms with Gasteiger partial charge in [-0.25, -0.2) is 0 Å². The largest absolute Gasteiger partial charge is 0.398 e. The van der Waals surface area contributed by atoms with E-state index in [2.05, 4.69) is 0 Å². The number of nitrogen functional groups attached to an aromatic ring is 1. The third-order valence-electron chi connectivity index (χ3n) is 2.61. The van der Waals surface area contributed by atoms with Crippen LogP contribution in [-0.2, 0) is 0 Å². The third kappa shape index (κ3) is 1.21. The summed E-state index contributed by atoms with van der Waals surface area (Å²) in [6.45, 7) is 0. The van der Waals surface area contributed by atoms with E-state index in [0.717, 1.165) is 4.90 Å². The maximum absolute atomic E-state index is 11.7. The Labute approximate surface area is 90.9 Å². The summed E-state index contributed by atoms with van der Waals surface area (Å²) in [6, 6.07) is 2.69. The van der Waals surface area contributed by atoms with Crippen molar-refractivity contribution in [2.75, 3.05) is 12.8 Å². The number of aliphatic hydroxyl groups is 2. The maximum atomic E-state index is 11.7. The van der Waals surface area contributed by atoms with E-state index in [0.29, 0.717) is 0 Å². The zero-order valence-corrected chi connectivity index (χ0v) is 8.47. The first kappa shape index (κ1) is 10.6. The third-order valence-corrected chi connectivity index (χ3v) is 2.61. The number of hydrogen-bond donors (Lipinski definition) is 3. The SMILES string of the molecule is CN1C(=O)c2ccc(C(O)O)c(N)c2C1=O. The molecular weight excluding hydrogens is 212 g/mol. The molecule has 1 heterocycles. The van der Waals surface area contributed by atoms with Crippen LogP contribution >= 0.6 is 0 Å². The fourth-order valence-electron chi connectivity index (χ4n) is 1.71. The topological polar surface area (TPSA) is 104 Å². The van der Waals surface area contributed by atoms with Gasteiger partial charge in [-0.2, -0.15) is 0 Å². The molecule has 1 aliphatic heterocycles. The van der Waals surface area contributed by atoms with E-state index < -0.39 is 18.1 Å². The highest BCUT2D eigenvalue weighted by atomic mass is 16.5. The van der Waals surface area contributed by atoms with Gasteiger partial charge in [0.25, 0.3) is 11.8 Å². The van der Waals surface area contributed by atoms with Crippen LogP contribution in [0.1, 0.15) is 32.6 Å². The van der Waals surface area contributed by atoms with E-state index >= 15 is 0 Å². The molecule has 0 saturated heterocycles. The summed E-state index contributed by atoms with van der Waals surface area (Å²) >= 11 is 0. The van der Waals surface area contributed by atoms with Gasteiger partial charge in [-0.3, -0.25) is 14.5 Å². The molecule has 0 saturated carbocycles. The number of fused-ring (bicyclic) bond motifs is 1. The van der Waals surface area contributed by atoms with Crippen LogP contribution in [0.5, 0.6) is 0 Å². The van der Waals surface area contributed by atoms with Crippen LogP contribution < -0.4 is 5.73 Å². The minimum atomic E-state index is -1.76. The second-order valence-electron chi connectivity index (χ2n) is 3.53.